The van der Waals surface area contributed by atoms with E-state index in [-0.39, 0.29) is 17.2 Å². The van der Waals surface area contributed by atoms with Gasteiger partial charge in [0.05, 0.1) is 21.8 Å². The van der Waals surface area contributed by atoms with Gasteiger partial charge in [-0.15, -0.1) is 0 Å². The molecule has 1 aliphatic carbocycles. The maximum atomic E-state index is 12.8. The SMILES string of the molecule is Cc1ccc(S(=O)(=O)NCCNC2=CC(=O)c3nc4ccccc4c4ccnc2c34)cc1. The third-order valence-corrected chi connectivity index (χ3v) is 6.92. The van der Waals surface area contributed by atoms with Crippen LogP contribution < -0.4 is 10.0 Å². The van der Waals surface area contributed by atoms with Crippen molar-refractivity contribution >= 4 is 43.2 Å². The fourth-order valence-corrected chi connectivity index (χ4v) is 4.90. The molecule has 0 atom stereocenters. The van der Waals surface area contributed by atoms with Gasteiger partial charge in [-0.1, -0.05) is 35.9 Å². The molecule has 0 fully saturated rings. The number of benzene rings is 2. The molecule has 2 N–H and O–H groups in total. The normalized spacial score (nSPS) is 13.4. The Hall–Kier alpha value is -3.62. The Morgan fingerprint density at radius 3 is 2.50 bits per heavy atom. The number of hydrogen-bond donors (Lipinski definition) is 2. The number of rotatable bonds is 6. The predicted octanol–water partition coefficient (Wildman–Crippen LogP) is 3.20. The van der Waals surface area contributed by atoms with Crippen LogP contribution in [-0.2, 0) is 10.0 Å². The number of sulfonamides is 1. The van der Waals surface area contributed by atoms with Crippen molar-refractivity contribution in [2.75, 3.05) is 13.1 Å². The Bertz CT molecular complexity index is 1510. The lowest BCUT2D eigenvalue weighted by Gasteiger charge is -2.19. The lowest BCUT2D eigenvalue weighted by Crippen LogP contribution is -2.32. The van der Waals surface area contributed by atoms with Crippen LogP contribution >= 0.6 is 0 Å². The number of nitrogens with one attached hydrogen (secondary N) is 2. The average molecular weight is 445 g/mol. The third-order valence-electron chi connectivity index (χ3n) is 5.44. The number of carbonyl (C=O) groups excluding carboxylic acids is 1. The van der Waals surface area contributed by atoms with Crippen molar-refractivity contribution in [3.05, 3.63) is 83.8 Å². The second-order valence-electron chi connectivity index (χ2n) is 7.62. The van der Waals surface area contributed by atoms with E-state index in [9.17, 15) is 13.2 Å². The van der Waals surface area contributed by atoms with Crippen molar-refractivity contribution in [2.45, 2.75) is 11.8 Å². The molecule has 1 aliphatic rings. The summed E-state index contributed by atoms with van der Waals surface area (Å²) in [5, 5.41) is 5.73. The van der Waals surface area contributed by atoms with E-state index < -0.39 is 10.0 Å². The van der Waals surface area contributed by atoms with E-state index in [2.05, 4.69) is 20.0 Å². The molecule has 0 aliphatic heterocycles. The number of nitrogens with zero attached hydrogens (tertiary/aromatic N) is 2. The number of aryl methyl sites for hydroxylation is 1. The first-order chi connectivity index (χ1) is 15.4. The zero-order chi connectivity index (χ0) is 22.3. The molecule has 0 spiro atoms. The second kappa shape index (κ2) is 7.81. The zero-order valence-electron chi connectivity index (χ0n) is 17.3. The number of carbonyl (C=O) groups is 1. The van der Waals surface area contributed by atoms with E-state index in [0.29, 0.717) is 29.0 Å². The molecule has 2 aromatic carbocycles. The summed E-state index contributed by atoms with van der Waals surface area (Å²) in [5.41, 5.74) is 3.32. The van der Waals surface area contributed by atoms with E-state index in [4.69, 9.17) is 0 Å². The molecule has 7 nitrogen and oxygen atoms in total. The molecule has 0 unspecified atom stereocenters. The van der Waals surface area contributed by atoms with Gasteiger partial charge < -0.3 is 5.32 Å². The highest BCUT2D eigenvalue weighted by atomic mass is 32.2. The molecule has 4 aromatic rings. The van der Waals surface area contributed by atoms with Crippen LogP contribution in [0.2, 0.25) is 0 Å². The molecule has 0 amide bonds. The van der Waals surface area contributed by atoms with Crippen LogP contribution in [0.1, 0.15) is 21.7 Å². The molecular weight excluding hydrogens is 424 g/mol. The highest BCUT2D eigenvalue weighted by Crippen LogP contribution is 2.33. The molecule has 2 aromatic heterocycles. The van der Waals surface area contributed by atoms with Crippen LogP contribution in [-0.4, -0.2) is 37.3 Å². The minimum atomic E-state index is -3.61. The fourth-order valence-electron chi connectivity index (χ4n) is 3.87. The molecule has 0 bridgehead atoms. The summed E-state index contributed by atoms with van der Waals surface area (Å²) in [7, 11) is -3.61. The largest absolute Gasteiger partial charge is 0.382 e. The number of pyridine rings is 2. The summed E-state index contributed by atoms with van der Waals surface area (Å²) < 4.78 is 27.5. The summed E-state index contributed by atoms with van der Waals surface area (Å²) in [4.78, 5) is 22.1. The Balaban J connectivity index is 1.38. The highest BCUT2D eigenvalue weighted by Gasteiger charge is 2.24. The smallest absolute Gasteiger partial charge is 0.240 e. The molecule has 0 saturated heterocycles. The predicted molar refractivity (Wildman–Crippen MR) is 124 cm³/mol. The van der Waals surface area contributed by atoms with E-state index in [1.54, 1.807) is 30.5 Å². The van der Waals surface area contributed by atoms with Crippen LogP contribution in [0.25, 0.3) is 27.4 Å². The topological polar surface area (TPSA) is 101 Å². The van der Waals surface area contributed by atoms with E-state index in [0.717, 1.165) is 21.9 Å². The number of aromatic nitrogens is 2. The van der Waals surface area contributed by atoms with Gasteiger partial charge in [0.2, 0.25) is 15.8 Å². The molecule has 5 rings (SSSR count). The second-order valence-corrected chi connectivity index (χ2v) is 9.39. The van der Waals surface area contributed by atoms with Crippen molar-refractivity contribution in [3.63, 3.8) is 0 Å². The van der Waals surface area contributed by atoms with Crippen LogP contribution in [0, 0.1) is 6.92 Å². The van der Waals surface area contributed by atoms with Gasteiger partial charge in [0.15, 0.2) is 0 Å². The molecule has 160 valence electrons. The van der Waals surface area contributed by atoms with Gasteiger partial charge in [-0.05, 0) is 36.6 Å². The summed E-state index contributed by atoms with van der Waals surface area (Å²) in [6.45, 7) is 2.34. The van der Waals surface area contributed by atoms with Crippen molar-refractivity contribution in [3.8, 4) is 0 Å². The fraction of sp³-hybridized carbons (Fsp3) is 0.125. The number of para-hydroxylation sites is 1. The Morgan fingerprint density at radius 2 is 1.69 bits per heavy atom. The van der Waals surface area contributed by atoms with E-state index >= 15 is 0 Å². The summed E-state index contributed by atoms with van der Waals surface area (Å²) in [5.74, 6) is -0.205. The summed E-state index contributed by atoms with van der Waals surface area (Å²) in [6.07, 6.45) is 3.18. The summed E-state index contributed by atoms with van der Waals surface area (Å²) >= 11 is 0. The van der Waals surface area contributed by atoms with Crippen molar-refractivity contribution in [1.82, 2.24) is 20.0 Å². The third kappa shape index (κ3) is 3.53. The molecule has 0 saturated carbocycles. The van der Waals surface area contributed by atoms with Crippen molar-refractivity contribution in [2.24, 2.45) is 0 Å². The van der Waals surface area contributed by atoms with Crippen LogP contribution in [0.5, 0.6) is 0 Å². The van der Waals surface area contributed by atoms with Crippen LogP contribution in [0.15, 0.2) is 71.8 Å². The van der Waals surface area contributed by atoms with Gasteiger partial charge in [-0.2, -0.15) is 0 Å². The standard InChI is InChI=1S/C24H20N4O3S/c1-15-6-8-16(9-7-15)32(30,31)27-13-12-25-20-14-21(29)24-22-18(10-11-26-23(20)22)17-4-2-3-5-19(17)28-24/h2-11,14,25,27H,12-13H2,1H3. The minimum absolute atomic E-state index is 0.153. The first-order valence-electron chi connectivity index (χ1n) is 10.2. The minimum Gasteiger partial charge on any atom is -0.382 e. The Kier molecular flexibility index (Phi) is 4.96. The molecular formula is C24H20N4O3S. The summed E-state index contributed by atoms with van der Waals surface area (Å²) in [6, 6.07) is 16.2. The monoisotopic (exact) mass is 444 g/mol. The lowest BCUT2D eigenvalue weighted by atomic mass is 9.95. The number of ketones is 1. The maximum Gasteiger partial charge on any atom is 0.240 e. The average Bonchev–Trinajstić information content (AvgIpc) is 2.80. The van der Waals surface area contributed by atoms with Crippen molar-refractivity contribution in [1.29, 1.82) is 0 Å². The van der Waals surface area contributed by atoms with Crippen LogP contribution in [0.4, 0.5) is 0 Å². The van der Waals surface area contributed by atoms with Crippen molar-refractivity contribution < 1.29 is 13.2 Å². The number of allylic oxidation sites excluding steroid dienone is 1. The highest BCUT2D eigenvalue weighted by molar-refractivity contribution is 7.89. The Morgan fingerprint density at radius 1 is 0.906 bits per heavy atom. The van der Waals surface area contributed by atoms with Gasteiger partial charge in [0, 0.05) is 36.1 Å². The Labute approximate surface area is 185 Å². The van der Waals surface area contributed by atoms with Gasteiger partial charge >= 0.3 is 0 Å². The lowest BCUT2D eigenvalue weighted by molar-refractivity contribution is 0.104. The van der Waals surface area contributed by atoms with Gasteiger partial charge in [0.25, 0.3) is 0 Å². The van der Waals surface area contributed by atoms with Gasteiger partial charge in [-0.3, -0.25) is 9.78 Å². The zero-order valence-corrected chi connectivity index (χ0v) is 18.1. The quantitative estimate of drug-likeness (QED) is 0.350. The molecule has 0 radical (unpaired) electrons. The van der Waals surface area contributed by atoms with Crippen LogP contribution in [0.3, 0.4) is 0 Å². The maximum absolute atomic E-state index is 12.8. The van der Waals surface area contributed by atoms with E-state index in [1.807, 2.05) is 37.3 Å². The first kappa shape index (κ1) is 20.3. The molecule has 8 heteroatoms. The first-order valence-corrected chi connectivity index (χ1v) is 11.7. The molecule has 2 heterocycles. The van der Waals surface area contributed by atoms with Gasteiger partial charge in [0.1, 0.15) is 5.69 Å². The van der Waals surface area contributed by atoms with Gasteiger partial charge in [-0.25, -0.2) is 18.1 Å². The van der Waals surface area contributed by atoms with E-state index in [1.165, 1.54) is 6.08 Å². The molecule has 32 heavy (non-hydrogen) atoms. The number of fused-ring (bicyclic) bond motifs is 2. The number of hydrogen-bond acceptors (Lipinski definition) is 6.